The Kier molecular flexibility index (Phi) is 8.51. The smallest absolute Gasteiger partial charge is 0.0233 e. The second-order valence-electron chi connectivity index (χ2n) is 5.84. The first-order valence-corrected chi connectivity index (χ1v) is 7.74. The predicted octanol–water partition coefficient (Wildman–Crippen LogP) is 2.57. The van der Waals surface area contributed by atoms with Gasteiger partial charge in [-0.3, -0.25) is 0 Å². The van der Waals surface area contributed by atoms with E-state index in [1.807, 2.05) is 0 Å². The lowest BCUT2D eigenvalue weighted by molar-refractivity contribution is 0.294. The first kappa shape index (κ1) is 17.2. The molecule has 0 heterocycles. The molecule has 0 bridgehead atoms. The van der Waals surface area contributed by atoms with E-state index in [1.54, 1.807) is 0 Å². The van der Waals surface area contributed by atoms with Crippen LogP contribution in [0.3, 0.4) is 0 Å². The van der Waals surface area contributed by atoms with Gasteiger partial charge in [-0.25, -0.2) is 0 Å². The fourth-order valence-electron chi connectivity index (χ4n) is 2.31. The van der Waals surface area contributed by atoms with E-state index >= 15 is 0 Å². The first-order valence-electron chi connectivity index (χ1n) is 7.74. The van der Waals surface area contributed by atoms with E-state index in [0.717, 1.165) is 32.7 Å². The Labute approximate surface area is 125 Å². The Bertz CT molecular complexity index is 363. The van der Waals surface area contributed by atoms with Crippen molar-refractivity contribution in [1.29, 1.82) is 0 Å². The van der Waals surface area contributed by atoms with Crippen LogP contribution in [0.4, 0.5) is 0 Å². The third kappa shape index (κ3) is 7.04. The highest BCUT2D eigenvalue weighted by atomic mass is 15.1. The lowest BCUT2D eigenvalue weighted by Crippen LogP contribution is -2.24. The van der Waals surface area contributed by atoms with Crippen molar-refractivity contribution >= 4 is 0 Å². The molecule has 1 aromatic carbocycles. The highest BCUT2D eigenvalue weighted by Crippen LogP contribution is 2.11. The van der Waals surface area contributed by atoms with Crippen LogP contribution in [0.25, 0.3) is 0 Å². The molecule has 0 aliphatic heterocycles. The number of nitrogens with zero attached hydrogens (tertiary/aromatic N) is 2. The van der Waals surface area contributed by atoms with Crippen LogP contribution in [0.1, 0.15) is 30.9 Å². The molecule has 1 rings (SSSR count). The van der Waals surface area contributed by atoms with Gasteiger partial charge in [0.2, 0.25) is 0 Å². The van der Waals surface area contributed by atoms with E-state index < -0.39 is 0 Å². The lowest BCUT2D eigenvalue weighted by Gasteiger charge is -2.20. The molecule has 0 amide bonds. The molecular weight excluding hydrogens is 246 g/mol. The normalized spacial score (nSPS) is 11.5. The van der Waals surface area contributed by atoms with E-state index in [-0.39, 0.29) is 0 Å². The van der Waals surface area contributed by atoms with E-state index in [4.69, 9.17) is 0 Å². The molecule has 0 saturated carbocycles. The molecule has 1 N–H and O–H groups in total. The van der Waals surface area contributed by atoms with Crippen LogP contribution in [-0.2, 0) is 13.1 Å². The van der Waals surface area contributed by atoms with Crippen molar-refractivity contribution in [3.63, 3.8) is 0 Å². The maximum Gasteiger partial charge on any atom is 0.0233 e. The number of nitrogens with one attached hydrogen (secondary N) is 1. The Morgan fingerprint density at radius 2 is 1.70 bits per heavy atom. The van der Waals surface area contributed by atoms with Crippen molar-refractivity contribution < 1.29 is 0 Å². The van der Waals surface area contributed by atoms with E-state index in [9.17, 15) is 0 Å². The zero-order chi connectivity index (χ0) is 14.8. The SMILES string of the molecule is CCCNCc1ccccc1CN(C)CCCN(C)C. The van der Waals surface area contributed by atoms with Crippen LogP contribution in [0.2, 0.25) is 0 Å². The first-order chi connectivity index (χ1) is 9.63. The van der Waals surface area contributed by atoms with Crippen molar-refractivity contribution in [3.8, 4) is 0 Å². The van der Waals surface area contributed by atoms with Crippen LogP contribution in [0.15, 0.2) is 24.3 Å². The number of hydrogen-bond acceptors (Lipinski definition) is 3. The van der Waals surface area contributed by atoms with Crippen molar-refractivity contribution in [3.05, 3.63) is 35.4 Å². The minimum absolute atomic E-state index is 0.982. The van der Waals surface area contributed by atoms with Gasteiger partial charge in [0.25, 0.3) is 0 Å². The second-order valence-corrected chi connectivity index (χ2v) is 5.84. The zero-order valence-electron chi connectivity index (χ0n) is 13.7. The second kappa shape index (κ2) is 9.92. The third-order valence-electron chi connectivity index (χ3n) is 3.45. The van der Waals surface area contributed by atoms with Crippen LogP contribution >= 0.6 is 0 Å². The molecule has 3 heteroatoms. The molecule has 114 valence electrons. The third-order valence-corrected chi connectivity index (χ3v) is 3.45. The Morgan fingerprint density at radius 1 is 1.00 bits per heavy atom. The van der Waals surface area contributed by atoms with Gasteiger partial charge < -0.3 is 15.1 Å². The summed E-state index contributed by atoms with van der Waals surface area (Å²) in [5, 5.41) is 3.50. The van der Waals surface area contributed by atoms with Crippen molar-refractivity contribution in [2.45, 2.75) is 32.9 Å². The van der Waals surface area contributed by atoms with Gasteiger partial charge in [0.05, 0.1) is 0 Å². The topological polar surface area (TPSA) is 18.5 Å². The van der Waals surface area contributed by atoms with Gasteiger partial charge in [-0.2, -0.15) is 0 Å². The minimum Gasteiger partial charge on any atom is -0.313 e. The van der Waals surface area contributed by atoms with Crippen molar-refractivity contribution in [1.82, 2.24) is 15.1 Å². The van der Waals surface area contributed by atoms with Gasteiger partial charge in [0, 0.05) is 13.1 Å². The van der Waals surface area contributed by atoms with Crippen LogP contribution in [0, 0.1) is 0 Å². The Balaban J connectivity index is 2.44. The Hall–Kier alpha value is -0.900. The molecule has 20 heavy (non-hydrogen) atoms. The molecule has 0 aliphatic carbocycles. The fourth-order valence-corrected chi connectivity index (χ4v) is 2.31. The van der Waals surface area contributed by atoms with Crippen LogP contribution in [-0.4, -0.2) is 50.6 Å². The summed E-state index contributed by atoms with van der Waals surface area (Å²) < 4.78 is 0. The summed E-state index contributed by atoms with van der Waals surface area (Å²) in [7, 11) is 6.48. The summed E-state index contributed by atoms with van der Waals surface area (Å²) in [6.45, 7) is 7.62. The molecule has 0 spiro atoms. The largest absolute Gasteiger partial charge is 0.313 e. The predicted molar refractivity (Wildman–Crippen MR) is 87.9 cm³/mol. The molecule has 1 aromatic rings. The molecule has 3 nitrogen and oxygen atoms in total. The van der Waals surface area contributed by atoms with Gasteiger partial charge >= 0.3 is 0 Å². The molecule has 0 fully saturated rings. The highest BCUT2D eigenvalue weighted by Gasteiger charge is 2.05. The average molecular weight is 277 g/mol. The Morgan fingerprint density at radius 3 is 2.35 bits per heavy atom. The highest BCUT2D eigenvalue weighted by molar-refractivity contribution is 5.26. The van der Waals surface area contributed by atoms with Gasteiger partial charge in [-0.15, -0.1) is 0 Å². The fraction of sp³-hybridized carbons (Fsp3) is 0.647. The molecule has 0 unspecified atom stereocenters. The maximum atomic E-state index is 3.50. The maximum absolute atomic E-state index is 3.50. The minimum atomic E-state index is 0.982. The van der Waals surface area contributed by atoms with E-state index in [1.165, 1.54) is 24.0 Å². The van der Waals surface area contributed by atoms with Gasteiger partial charge in [-0.1, -0.05) is 31.2 Å². The summed E-state index contributed by atoms with van der Waals surface area (Å²) in [5.41, 5.74) is 2.88. The average Bonchev–Trinajstić information content (AvgIpc) is 2.40. The quantitative estimate of drug-likeness (QED) is 0.663. The van der Waals surface area contributed by atoms with Crippen LogP contribution in [0.5, 0.6) is 0 Å². The molecule has 0 atom stereocenters. The summed E-state index contributed by atoms with van der Waals surface area (Å²) in [6, 6.07) is 8.78. The summed E-state index contributed by atoms with van der Waals surface area (Å²) in [6.07, 6.45) is 2.41. The summed E-state index contributed by atoms with van der Waals surface area (Å²) >= 11 is 0. The van der Waals surface area contributed by atoms with Crippen molar-refractivity contribution in [2.75, 3.05) is 40.8 Å². The van der Waals surface area contributed by atoms with Gasteiger partial charge in [0.15, 0.2) is 0 Å². The molecular formula is C17H31N3. The van der Waals surface area contributed by atoms with Crippen molar-refractivity contribution in [2.24, 2.45) is 0 Å². The number of hydrogen-bond donors (Lipinski definition) is 1. The monoisotopic (exact) mass is 277 g/mol. The zero-order valence-corrected chi connectivity index (χ0v) is 13.7. The van der Waals surface area contributed by atoms with Gasteiger partial charge in [-0.05, 0) is 64.7 Å². The lowest BCUT2D eigenvalue weighted by atomic mass is 10.1. The number of rotatable bonds is 10. The van der Waals surface area contributed by atoms with E-state index in [2.05, 4.69) is 67.4 Å². The van der Waals surface area contributed by atoms with Crippen LogP contribution < -0.4 is 5.32 Å². The standard InChI is InChI=1S/C17H31N3/c1-5-11-18-14-16-9-6-7-10-17(16)15-20(4)13-8-12-19(2)3/h6-7,9-10,18H,5,8,11-15H2,1-4H3. The van der Waals surface area contributed by atoms with E-state index in [0.29, 0.717) is 0 Å². The summed E-state index contributed by atoms with van der Waals surface area (Å²) in [4.78, 5) is 4.67. The molecule has 0 radical (unpaired) electrons. The molecule has 0 aromatic heterocycles. The molecule has 0 aliphatic rings. The summed E-state index contributed by atoms with van der Waals surface area (Å²) in [5.74, 6) is 0. The number of benzene rings is 1. The molecule has 0 saturated heterocycles. The van der Waals surface area contributed by atoms with Gasteiger partial charge in [0.1, 0.15) is 0 Å².